The molecular weight excluding hydrogens is 344 g/mol. The number of cyclic esters (lactones) is 1. The first-order valence-electron chi connectivity index (χ1n) is 7.96. The van der Waals surface area contributed by atoms with Gasteiger partial charge in [0.25, 0.3) is 5.91 Å². The summed E-state index contributed by atoms with van der Waals surface area (Å²) in [6, 6.07) is 3.17. The van der Waals surface area contributed by atoms with Gasteiger partial charge in [0.1, 0.15) is 6.61 Å². The number of nitrogens with zero attached hydrogens (tertiary/aromatic N) is 2. The van der Waals surface area contributed by atoms with E-state index in [2.05, 4.69) is 0 Å². The molecule has 26 heavy (non-hydrogen) atoms. The predicted molar refractivity (Wildman–Crippen MR) is 89.3 cm³/mol. The van der Waals surface area contributed by atoms with E-state index in [-0.39, 0.29) is 25.5 Å². The maximum Gasteiger partial charge on any atom is 0.354 e. The number of carbonyl (C=O) groups is 3. The van der Waals surface area contributed by atoms with Crippen LogP contribution in [-0.2, 0) is 19.1 Å². The van der Waals surface area contributed by atoms with Crippen molar-refractivity contribution in [2.45, 2.75) is 12.1 Å². The van der Waals surface area contributed by atoms with Crippen LogP contribution >= 0.6 is 0 Å². The van der Waals surface area contributed by atoms with Gasteiger partial charge in [-0.15, -0.1) is 0 Å². The van der Waals surface area contributed by atoms with Crippen LogP contribution < -0.4 is 14.4 Å². The first kappa shape index (κ1) is 17.8. The molecule has 3 rings (SSSR count). The molecule has 1 aromatic carbocycles. The largest absolute Gasteiger partial charge is 0.493 e. The second-order valence-corrected chi connectivity index (χ2v) is 5.95. The topological polar surface area (TPSA) is 94.6 Å². The maximum atomic E-state index is 13.1. The SMILES string of the molecule is COC(=O)CC12C(=O)OCCN1C(=O)c1cc(OC)c(OC)cc1N2C. The minimum absolute atomic E-state index is 0.0595. The number of hydrogen-bond acceptors (Lipinski definition) is 8. The zero-order valence-electron chi connectivity index (χ0n) is 15.0. The summed E-state index contributed by atoms with van der Waals surface area (Å²) >= 11 is 0. The lowest BCUT2D eigenvalue weighted by atomic mass is 9.92. The van der Waals surface area contributed by atoms with Gasteiger partial charge in [0.05, 0.1) is 45.5 Å². The van der Waals surface area contributed by atoms with Gasteiger partial charge in [-0.2, -0.15) is 0 Å². The van der Waals surface area contributed by atoms with Crippen LogP contribution in [0.1, 0.15) is 16.8 Å². The van der Waals surface area contributed by atoms with Crippen LogP contribution in [0.15, 0.2) is 12.1 Å². The molecule has 1 aromatic rings. The molecule has 9 heteroatoms. The van der Waals surface area contributed by atoms with Gasteiger partial charge in [0.15, 0.2) is 11.5 Å². The smallest absolute Gasteiger partial charge is 0.354 e. The Balaban J connectivity index is 2.22. The third-order valence-electron chi connectivity index (χ3n) is 4.83. The highest BCUT2D eigenvalue weighted by Crippen LogP contribution is 2.44. The van der Waals surface area contributed by atoms with E-state index in [0.29, 0.717) is 22.7 Å². The fraction of sp³-hybridized carbons (Fsp3) is 0.471. The van der Waals surface area contributed by atoms with Gasteiger partial charge in [-0.1, -0.05) is 0 Å². The quantitative estimate of drug-likeness (QED) is 0.709. The highest BCUT2D eigenvalue weighted by Gasteiger charge is 2.58. The number of rotatable bonds is 4. The molecule has 1 amide bonds. The molecule has 2 heterocycles. The fourth-order valence-corrected chi connectivity index (χ4v) is 3.45. The molecule has 0 spiro atoms. The number of carbonyl (C=O) groups excluding carboxylic acids is 3. The molecule has 9 nitrogen and oxygen atoms in total. The Morgan fingerprint density at radius 2 is 1.85 bits per heavy atom. The monoisotopic (exact) mass is 364 g/mol. The number of esters is 2. The van der Waals surface area contributed by atoms with Crippen molar-refractivity contribution in [2.75, 3.05) is 46.4 Å². The maximum absolute atomic E-state index is 13.1. The number of benzene rings is 1. The number of amides is 1. The van der Waals surface area contributed by atoms with E-state index < -0.39 is 17.6 Å². The van der Waals surface area contributed by atoms with E-state index in [1.807, 2.05) is 0 Å². The second-order valence-electron chi connectivity index (χ2n) is 5.95. The van der Waals surface area contributed by atoms with E-state index in [1.165, 1.54) is 26.2 Å². The van der Waals surface area contributed by atoms with Crippen molar-refractivity contribution in [3.8, 4) is 11.5 Å². The molecular formula is C17H20N2O7. The molecule has 0 aliphatic carbocycles. The van der Waals surface area contributed by atoms with E-state index >= 15 is 0 Å². The third-order valence-corrected chi connectivity index (χ3v) is 4.83. The van der Waals surface area contributed by atoms with Crippen LogP contribution in [0.5, 0.6) is 11.5 Å². The summed E-state index contributed by atoms with van der Waals surface area (Å²) in [6.07, 6.45) is -0.349. The van der Waals surface area contributed by atoms with Crippen LogP contribution in [0.2, 0.25) is 0 Å². The van der Waals surface area contributed by atoms with Gasteiger partial charge in [-0.25, -0.2) is 4.79 Å². The number of fused-ring (bicyclic) bond motifs is 2. The molecule has 0 aromatic heterocycles. The predicted octanol–water partition coefficient (Wildman–Crippen LogP) is 0.412. The summed E-state index contributed by atoms with van der Waals surface area (Å²) in [4.78, 5) is 40.8. The average Bonchev–Trinajstić information content (AvgIpc) is 2.66. The Hall–Kier alpha value is -2.97. The van der Waals surface area contributed by atoms with Crippen LogP contribution in [-0.4, -0.2) is 69.9 Å². The Labute approximate surface area is 150 Å². The van der Waals surface area contributed by atoms with E-state index in [0.717, 1.165) is 0 Å². The summed E-state index contributed by atoms with van der Waals surface area (Å²) in [5.41, 5.74) is -0.818. The number of hydrogen-bond donors (Lipinski definition) is 0. The number of anilines is 1. The molecule has 1 atom stereocenters. The van der Waals surface area contributed by atoms with Crippen molar-refractivity contribution >= 4 is 23.5 Å². The molecule has 0 saturated carbocycles. The summed E-state index contributed by atoms with van der Waals surface area (Å²) in [6.45, 7) is 0.226. The van der Waals surface area contributed by atoms with Crippen molar-refractivity contribution in [3.63, 3.8) is 0 Å². The van der Waals surface area contributed by atoms with Gasteiger partial charge in [-0.3, -0.25) is 9.59 Å². The molecule has 0 N–H and O–H groups in total. The summed E-state index contributed by atoms with van der Waals surface area (Å²) in [5.74, 6) is -0.896. The molecule has 1 saturated heterocycles. The van der Waals surface area contributed by atoms with Crippen molar-refractivity contribution < 1.29 is 33.3 Å². The first-order valence-corrected chi connectivity index (χ1v) is 7.96. The number of methoxy groups -OCH3 is 3. The Morgan fingerprint density at radius 3 is 2.46 bits per heavy atom. The van der Waals surface area contributed by atoms with Gasteiger partial charge in [0, 0.05) is 13.1 Å². The van der Waals surface area contributed by atoms with Gasteiger partial charge < -0.3 is 28.7 Å². The summed E-state index contributed by atoms with van der Waals surface area (Å²) in [5, 5.41) is 0. The molecule has 0 bridgehead atoms. The first-order chi connectivity index (χ1) is 12.4. The molecule has 1 fully saturated rings. The average molecular weight is 364 g/mol. The van der Waals surface area contributed by atoms with Crippen LogP contribution in [0.3, 0.4) is 0 Å². The van der Waals surface area contributed by atoms with E-state index in [4.69, 9.17) is 18.9 Å². The fourth-order valence-electron chi connectivity index (χ4n) is 3.45. The van der Waals surface area contributed by atoms with Crippen LogP contribution in [0.4, 0.5) is 5.69 Å². The standard InChI is InChI=1S/C17H20N2O7/c1-18-11-8-13(24-3)12(23-2)7-10(11)15(21)19-5-6-26-16(22)17(18,19)9-14(20)25-4/h7-8H,5-6,9H2,1-4H3. The van der Waals surface area contributed by atoms with Crippen molar-refractivity contribution in [3.05, 3.63) is 17.7 Å². The summed E-state index contributed by atoms with van der Waals surface area (Å²) in [7, 11) is 5.80. The van der Waals surface area contributed by atoms with E-state index in [9.17, 15) is 14.4 Å². The normalized spacial score (nSPS) is 21.5. The molecule has 0 radical (unpaired) electrons. The lowest BCUT2D eigenvalue weighted by molar-refractivity contribution is -0.170. The van der Waals surface area contributed by atoms with Gasteiger partial charge >= 0.3 is 11.9 Å². The minimum atomic E-state index is -1.60. The summed E-state index contributed by atoms with van der Waals surface area (Å²) < 4.78 is 20.5. The molecule has 1 unspecified atom stereocenters. The Kier molecular flexibility index (Phi) is 4.39. The highest BCUT2D eigenvalue weighted by atomic mass is 16.5. The lowest BCUT2D eigenvalue weighted by Gasteiger charge is -2.53. The number of ether oxygens (including phenoxy) is 4. The molecule has 2 aliphatic rings. The third kappa shape index (κ3) is 2.34. The minimum Gasteiger partial charge on any atom is -0.493 e. The van der Waals surface area contributed by atoms with Crippen molar-refractivity contribution in [2.24, 2.45) is 0 Å². The van der Waals surface area contributed by atoms with Gasteiger partial charge in [0.2, 0.25) is 5.66 Å². The molecule has 2 aliphatic heterocycles. The molecule has 140 valence electrons. The Bertz CT molecular complexity index is 779. The van der Waals surface area contributed by atoms with Crippen LogP contribution in [0, 0.1) is 0 Å². The number of morpholine rings is 1. The zero-order chi connectivity index (χ0) is 19.1. The zero-order valence-corrected chi connectivity index (χ0v) is 15.0. The van der Waals surface area contributed by atoms with Crippen molar-refractivity contribution in [1.29, 1.82) is 0 Å². The van der Waals surface area contributed by atoms with E-state index in [1.54, 1.807) is 24.1 Å². The van der Waals surface area contributed by atoms with Crippen LogP contribution in [0.25, 0.3) is 0 Å². The highest BCUT2D eigenvalue weighted by molar-refractivity contribution is 6.08. The Morgan fingerprint density at radius 1 is 1.19 bits per heavy atom. The van der Waals surface area contributed by atoms with Crippen molar-refractivity contribution in [1.82, 2.24) is 4.90 Å². The second kappa shape index (κ2) is 6.40. The number of likely N-dealkylation sites (N-methyl/N-ethyl adjacent to an activating group) is 1. The lowest BCUT2D eigenvalue weighted by Crippen LogP contribution is -2.72. The van der Waals surface area contributed by atoms with Gasteiger partial charge in [-0.05, 0) is 6.07 Å².